The molecule has 0 saturated carbocycles. The maximum Gasteiger partial charge on any atom is 0.342 e. The summed E-state index contributed by atoms with van der Waals surface area (Å²) in [7, 11) is 0. The van der Waals surface area contributed by atoms with E-state index < -0.39 is 11.2 Å². The molecule has 0 aromatic carbocycles. The van der Waals surface area contributed by atoms with E-state index >= 15 is 0 Å². The highest BCUT2D eigenvalue weighted by molar-refractivity contribution is 7.99. The minimum atomic E-state index is -0.569. The first kappa shape index (κ1) is 9.05. The Labute approximate surface area is 72.6 Å². The van der Waals surface area contributed by atoms with Crippen LogP contribution in [0.4, 0.5) is 0 Å². The third kappa shape index (κ3) is 2.23. The molecule has 0 radical (unpaired) electrons. The fraction of sp³-hybridized carbons (Fsp3) is 0.500. The second kappa shape index (κ2) is 4.10. The summed E-state index contributed by atoms with van der Waals surface area (Å²) < 4.78 is 0. The van der Waals surface area contributed by atoms with Gasteiger partial charge in [-0.15, -0.1) is 0 Å². The lowest BCUT2D eigenvalue weighted by Crippen LogP contribution is -2.25. The molecule has 1 aromatic rings. The van der Waals surface area contributed by atoms with Gasteiger partial charge in [-0.25, -0.2) is 9.89 Å². The maximum absolute atomic E-state index is 11.0. The van der Waals surface area contributed by atoms with Crippen molar-refractivity contribution in [2.75, 3.05) is 5.75 Å². The van der Waals surface area contributed by atoms with E-state index in [1.54, 1.807) is 0 Å². The number of nitrogens with one attached hydrogen (secondary N) is 2. The number of hydrogen-bond acceptors (Lipinski definition) is 4. The minimum Gasteiger partial charge on any atom is -0.271 e. The Balaban J connectivity index is 2.87. The molecule has 0 fully saturated rings. The largest absolute Gasteiger partial charge is 0.342 e. The second-order valence-corrected chi connectivity index (χ2v) is 3.24. The number of hydrogen-bond donors (Lipinski definition) is 2. The van der Waals surface area contributed by atoms with Crippen LogP contribution in [0.25, 0.3) is 0 Å². The molecule has 0 atom stereocenters. The van der Waals surface area contributed by atoms with Gasteiger partial charge in [0.1, 0.15) is 0 Å². The number of thioether (sulfide) groups is 1. The van der Waals surface area contributed by atoms with E-state index in [4.69, 9.17) is 0 Å². The zero-order valence-electron chi connectivity index (χ0n) is 6.59. The van der Waals surface area contributed by atoms with Gasteiger partial charge in [0.2, 0.25) is 0 Å². The standard InChI is InChI=1S/C6H9N3O2S/c1-2-3-12-5-4(10)7-6(11)9-8-5/h2-3H2,1H3,(H2,7,9,10,11). The Hall–Kier alpha value is -1.04. The topological polar surface area (TPSA) is 78.6 Å². The maximum atomic E-state index is 11.0. The van der Waals surface area contributed by atoms with Crippen molar-refractivity contribution in [2.24, 2.45) is 0 Å². The molecule has 0 aliphatic carbocycles. The van der Waals surface area contributed by atoms with Gasteiger partial charge >= 0.3 is 5.69 Å². The molecule has 0 saturated heterocycles. The Bertz CT molecular complexity index is 356. The van der Waals surface area contributed by atoms with Crippen LogP contribution in [0.1, 0.15) is 13.3 Å². The van der Waals surface area contributed by atoms with E-state index in [0.29, 0.717) is 5.03 Å². The first-order valence-corrected chi connectivity index (χ1v) is 4.54. The van der Waals surface area contributed by atoms with Crippen molar-refractivity contribution in [1.29, 1.82) is 0 Å². The first-order valence-electron chi connectivity index (χ1n) is 3.56. The fourth-order valence-electron chi connectivity index (χ4n) is 0.633. The molecule has 0 unspecified atom stereocenters. The molecule has 5 nitrogen and oxygen atoms in total. The lowest BCUT2D eigenvalue weighted by Gasteiger charge is -1.94. The van der Waals surface area contributed by atoms with Gasteiger partial charge in [-0.3, -0.25) is 9.78 Å². The van der Waals surface area contributed by atoms with Crippen LogP contribution in [0.5, 0.6) is 0 Å². The van der Waals surface area contributed by atoms with Gasteiger partial charge in [-0.2, -0.15) is 5.10 Å². The van der Waals surface area contributed by atoms with E-state index in [1.165, 1.54) is 11.8 Å². The molecular formula is C6H9N3O2S. The predicted octanol–water partition coefficient (Wildman–Crippen LogP) is -0.0397. The van der Waals surface area contributed by atoms with Crippen LogP contribution in [-0.2, 0) is 0 Å². The van der Waals surface area contributed by atoms with Gasteiger partial charge < -0.3 is 0 Å². The van der Waals surface area contributed by atoms with Crippen LogP contribution in [0.2, 0.25) is 0 Å². The van der Waals surface area contributed by atoms with Gasteiger partial charge in [0, 0.05) is 0 Å². The van der Waals surface area contributed by atoms with Crippen LogP contribution in [0.3, 0.4) is 0 Å². The highest BCUT2D eigenvalue weighted by atomic mass is 32.2. The summed E-state index contributed by atoms with van der Waals surface area (Å²) in [6.07, 6.45) is 0.963. The van der Waals surface area contributed by atoms with Crippen LogP contribution >= 0.6 is 11.8 Å². The fourth-order valence-corrected chi connectivity index (χ4v) is 1.32. The van der Waals surface area contributed by atoms with Gasteiger partial charge in [0.05, 0.1) is 0 Å². The smallest absolute Gasteiger partial charge is 0.271 e. The molecule has 0 aliphatic heterocycles. The summed E-state index contributed by atoms with van der Waals surface area (Å²) in [5.74, 6) is 0.822. The Morgan fingerprint density at radius 3 is 2.83 bits per heavy atom. The van der Waals surface area contributed by atoms with Crippen molar-refractivity contribution in [3.63, 3.8) is 0 Å². The van der Waals surface area contributed by atoms with Crippen molar-refractivity contribution in [3.05, 3.63) is 20.8 Å². The molecule has 0 spiro atoms. The van der Waals surface area contributed by atoms with Crippen molar-refractivity contribution in [3.8, 4) is 0 Å². The van der Waals surface area contributed by atoms with E-state index in [0.717, 1.165) is 12.2 Å². The van der Waals surface area contributed by atoms with Crippen LogP contribution < -0.4 is 11.2 Å². The van der Waals surface area contributed by atoms with Crippen LogP contribution in [0, 0.1) is 0 Å². The number of nitrogens with zero attached hydrogens (tertiary/aromatic N) is 1. The molecule has 0 bridgehead atoms. The summed E-state index contributed by atoms with van der Waals surface area (Å²) in [5, 5.41) is 6.08. The zero-order valence-corrected chi connectivity index (χ0v) is 7.40. The monoisotopic (exact) mass is 187 g/mol. The average molecular weight is 187 g/mol. The van der Waals surface area contributed by atoms with Crippen molar-refractivity contribution in [2.45, 2.75) is 18.4 Å². The third-order valence-corrected chi connectivity index (χ3v) is 2.29. The SMILES string of the molecule is CCCSc1n[nH]c(=O)[nH]c1=O. The third-order valence-electron chi connectivity index (χ3n) is 1.12. The molecule has 1 aromatic heterocycles. The van der Waals surface area contributed by atoms with E-state index in [9.17, 15) is 9.59 Å². The van der Waals surface area contributed by atoms with Crippen LogP contribution in [-0.4, -0.2) is 20.9 Å². The van der Waals surface area contributed by atoms with E-state index in [1.807, 2.05) is 6.92 Å². The lowest BCUT2D eigenvalue weighted by molar-refractivity contribution is 0.806. The molecule has 1 heterocycles. The van der Waals surface area contributed by atoms with Gasteiger partial charge in [-0.05, 0) is 12.2 Å². The number of rotatable bonds is 3. The lowest BCUT2D eigenvalue weighted by atomic mass is 10.6. The van der Waals surface area contributed by atoms with Gasteiger partial charge in [0.15, 0.2) is 5.03 Å². The molecule has 1 rings (SSSR count). The van der Waals surface area contributed by atoms with Gasteiger partial charge in [-0.1, -0.05) is 18.7 Å². The summed E-state index contributed by atoms with van der Waals surface area (Å²) in [5.41, 5.74) is -0.988. The number of aromatic amines is 2. The predicted molar refractivity (Wildman–Crippen MR) is 46.5 cm³/mol. The summed E-state index contributed by atoms with van der Waals surface area (Å²) in [6.45, 7) is 2.01. The molecule has 12 heavy (non-hydrogen) atoms. The first-order chi connectivity index (χ1) is 5.74. The number of H-pyrrole nitrogens is 2. The van der Waals surface area contributed by atoms with Crippen molar-refractivity contribution >= 4 is 11.8 Å². The van der Waals surface area contributed by atoms with Gasteiger partial charge in [0.25, 0.3) is 5.56 Å². The zero-order chi connectivity index (χ0) is 8.97. The Morgan fingerprint density at radius 1 is 1.50 bits per heavy atom. The van der Waals surface area contributed by atoms with E-state index in [2.05, 4.69) is 15.2 Å². The highest BCUT2D eigenvalue weighted by Crippen LogP contribution is 2.08. The average Bonchev–Trinajstić information content (AvgIpc) is 2.03. The summed E-state index contributed by atoms with van der Waals surface area (Å²) >= 11 is 1.33. The Kier molecular flexibility index (Phi) is 3.09. The van der Waals surface area contributed by atoms with Crippen molar-refractivity contribution < 1.29 is 0 Å². The number of aromatic nitrogens is 3. The summed E-state index contributed by atoms with van der Waals surface area (Å²) in [6, 6.07) is 0. The highest BCUT2D eigenvalue weighted by Gasteiger charge is 2.00. The molecule has 6 heteroatoms. The molecule has 0 amide bonds. The summed E-state index contributed by atoms with van der Waals surface area (Å²) in [4.78, 5) is 23.6. The Morgan fingerprint density at radius 2 is 2.25 bits per heavy atom. The molecular weight excluding hydrogens is 178 g/mol. The van der Waals surface area contributed by atoms with Crippen LogP contribution in [0.15, 0.2) is 14.6 Å². The molecule has 2 N–H and O–H groups in total. The second-order valence-electron chi connectivity index (χ2n) is 2.16. The molecule has 66 valence electrons. The van der Waals surface area contributed by atoms with E-state index in [-0.39, 0.29) is 0 Å². The quantitative estimate of drug-likeness (QED) is 0.651. The normalized spacial score (nSPS) is 10.1. The minimum absolute atomic E-state index is 0.316. The van der Waals surface area contributed by atoms with Crippen molar-refractivity contribution in [1.82, 2.24) is 15.2 Å². The molecule has 0 aliphatic rings.